The number of hydrogen-bond donors (Lipinski definition) is 2. The van der Waals surface area contributed by atoms with Gasteiger partial charge in [0.2, 0.25) is 11.7 Å². The van der Waals surface area contributed by atoms with Gasteiger partial charge in [0, 0.05) is 4.90 Å². The van der Waals surface area contributed by atoms with Crippen molar-refractivity contribution in [1.82, 2.24) is 9.55 Å². The van der Waals surface area contributed by atoms with Crippen molar-refractivity contribution in [1.29, 1.82) is 0 Å². The van der Waals surface area contributed by atoms with Gasteiger partial charge in [-0.05, 0) is 12.1 Å². The number of nitrogens with one attached hydrogen (secondary N) is 1. The fourth-order valence-corrected chi connectivity index (χ4v) is 2.19. The molecule has 0 aliphatic carbocycles. The van der Waals surface area contributed by atoms with Crippen molar-refractivity contribution in [3.63, 3.8) is 0 Å². The Bertz CT molecular complexity index is 757. The van der Waals surface area contributed by atoms with Gasteiger partial charge in [0.05, 0.1) is 5.69 Å². The minimum absolute atomic E-state index is 0.0497. The summed E-state index contributed by atoms with van der Waals surface area (Å²) in [6.07, 6.45) is 0. The molecule has 1 heterocycles. The monoisotopic (exact) mass is 304 g/mol. The van der Waals surface area contributed by atoms with E-state index in [9.17, 15) is 27.9 Å². The Hall–Kier alpha value is -2.16. The van der Waals surface area contributed by atoms with Crippen LogP contribution in [0.25, 0.3) is 5.69 Å². The normalized spacial score (nSPS) is 11.0. The number of aromatic hydroxyl groups is 1. The van der Waals surface area contributed by atoms with Gasteiger partial charge in [-0.15, -0.1) is 0 Å². The van der Waals surface area contributed by atoms with Crippen molar-refractivity contribution in [3.05, 3.63) is 50.9 Å². The van der Waals surface area contributed by atoms with Crippen LogP contribution in [0.3, 0.4) is 0 Å². The molecule has 106 valence electrons. The molecule has 20 heavy (non-hydrogen) atoms. The van der Waals surface area contributed by atoms with E-state index in [1.54, 1.807) is 4.98 Å². The molecule has 1 aromatic carbocycles. The van der Waals surface area contributed by atoms with E-state index < -0.39 is 28.7 Å². The molecular formula is C11H7F3N2O3S. The number of alkyl halides is 2. The number of halogens is 3. The molecule has 1 aromatic heterocycles. The third-order valence-corrected chi connectivity index (χ3v) is 3.13. The van der Waals surface area contributed by atoms with E-state index >= 15 is 0 Å². The summed E-state index contributed by atoms with van der Waals surface area (Å²) < 4.78 is 38.6. The first-order valence-corrected chi connectivity index (χ1v) is 6.07. The van der Waals surface area contributed by atoms with Crippen LogP contribution in [0.1, 0.15) is 0 Å². The van der Waals surface area contributed by atoms with Gasteiger partial charge in [0.15, 0.2) is 0 Å². The van der Waals surface area contributed by atoms with Gasteiger partial charge in [-0.25, -0.2) is 9.36 Å². The lowest BCUT2D eigenvalue weighted by Crippen LogP contribution is -2.31. The van der Waals surface area contributed by atoms with Crippen LogP contribution in [0.2, 0.25) is 0 Å². The van der Waals surface area contributed by atoms with Crippen molar-refractivity contribution in [3.8, 4) is 11.6 Å². The van der Waals surface area contributed by atoms with Crippen LogP contribution in [0.4, 0.5) is 13.2 Å². The van der Waals surface area contributed by atoms with Crippen molar-refractivity contribution in [2.45, 2.75) is 10.7 Å². The molecule has 9 heteroatoms. The summed E-state index contributed by atoms with van der Waals surface area (Å²) in [4.78, 5) is 24.2. The number of para-hydroxylation sites is 1. The highest BCUT2D eigenvalue weighted by atomic mass is 32.2. The fraction of sp³-hybridized carbons (Fsp3) is 0.0909. The molecule has 0 aliphatic heterocycles. The second-order valence-electron chi connectivity index (χ2n) is 3.58. The molecular weight excluding hydrogens is 297 g/mol. The van der Waals surface area contributed by atoms with Gasteiger partial charge in [-0.3, -0.25) is 9.78 Å². The zero-order chi connectivity index (χ0) is 14.9. The number of thioether (sulfide) groups is 1. The second kappa shape index (κ2) is 5.45. The second-order valence-corrected chi connectivity index (χ2v) is 4.61. The van der Waals surface area contributed by atoms with Gasteiger partial charge in [-0.2, -0.15) is 13.2 Å². The summed E-state index contributed by atoms with van der Waals surface area (Å²) in [5, 5.41) is 9.54. The Morgan fingerprint density at radius 3 is 2.55 bits per heavy atom. The molecule has 0 spiro atoms. The number of hydrogen-bond acceptors (Lipinski definition) is 4. The van der Waals surface area contributed by atoms with Crippen molar-refractivity contribution in [2.24, 2.45) is 0 Å². The van der Waals surface area contributed by atoms with E-state index in [2.05, 4.69) is 0 Å². The molecule has 0 bridgehead atoms. The maximum atomic E-state index is 13.3. The zero-order valence-corrected chi connectivity index (χ0v) is 10.5. The predicted molar refractivity (Wildman–Crippen MR) is 66.1 cm³/mol. The van der Waals surface area contributed by atoms with Crippen molar-refractivity contribution < 1.29 is 18.3 Å². The van der Waals surface area contributed by atoms with Crippen LogP contribution >= 0.6 is 11.8 Å². The fourth-order valence-electron chi connectivity index (χ4n) is 1.56. The standard InChI is InChI=1S/C11H7F3N2O3S/c12-7-8(17)15-11(19)16(9(7)18)5-3-1-2-4-6(5)20-10(13)14/h1-4,10,18H,(H,15,17,19). The molecule has 0 aliphatic rings. The number of aromatic amines is 1. The van der Waals surface area contributed by atoms with Gasteiger partial charge in [0.1, 0.15) is 0 Å². The summed E-state index contributed by atoms with van der Waals surface area (Å²) in [7, 11) is 0. The first kappa shape index (κ1) is 14.3. The van der Waals surface area contributed by atoms with Crippen LogP contribution in [-0.4, -0.2) is 20.4 Å². The van der Waals surface area contributed by atoms with Gasteiger partial charge >= 0.3 is 5.69 Å². The number of nitrogens with zero attached hydrogens (tertiary/aromatic N) is 1. The highest BCUT2D eigenvalue weighted by molar-refractivity contribution is 7.99. The topological polar surface area (TPSA) is 75.1 Å². The highest BCUT2D eigenvalue weighted by Crippen LogP contribution is 2.31. The number of rotatable bonds is 3. The Labute approximate surface area is 113 Å². The van der Waals surface area contributed by atoms with E-state index in [1.165, 1.54) is 24.3 Å². The van der Waals surface area contributed by atoms with Gasteiger partial charge in [-0.1, -0.05) is 23.9 Å². The maximum absolute atomic E-state index is 13.3. The molecule has 2 N–H and O–H groups in total. The van der Waals surface area contributed by atoms with E-state index in [0.29, 0.717) is 4.57 Å². The Morgan fingerprint density at radius 1 is 1.25 bits per heavy atom. The lowest BCUT2D eigenvalue weighted by molar-refractivity contribution is 0.252. The summed E-state index contributed by atoms with van der Waals surface area (Å²) in [5.74, 6) is -5.57. The van der Waals surface area contributed by atoms with E-state index in [-0.39, 0.29) is 22.3 Å². The maximum Gasteiger partial charge on any atom is 0.335 e. The molecule has 0 atom stereocenters. The quantitative estimate of drug-likeness (QED) is 0.846. The third kappa shape index (κ3) is 2.57. The summed E-state index contributed by atoms with van der Waals surface area (Å²) in [6, 6.07) is 5.38. The van der Waals surface area contributed by atoms with Gasteiger partial charge < -0.3 is 5.11 Å². The van der Waals surface area contributed by atoms with Crippen LogP contribution in [0.5, 0.6) is 5.88 Å². The average molecular weight is 304 g/mol. The number of benzene rings is 1. The lowest BCUT2D eigenvalue weighted by atomic mass is 10.3. The molecule has 0 saturated heterocycles. The predicted octanol–water partition coefficient (Wildman–Crippen LogP) is 1.69. The number of aromatic nitrogens is 2. The van der Waals surface area contributed by atoms with Crippen LogP contribution < -0.4 is 11.2 Å². The molecule has 0 radical (unpaired) electrons. The smallest absolute Gasteiger partial charge is 0.335 e. The van der Waals surface area contributed by atoms with E-state index in [0.717, 1.165) is 0 Å². The Morgan fingerprint density at radius 2 is 1.90 bits per heavy atom. The highest BCUT2D eigenvalue weighted by Gasteiger charge is 2.18. The molecule has 0 saturated carbocycles. The SMILES string of the molecule is O=c1[nH]c(=O)n(-c2ccccc2SC(F)F)c(O)c1F. The Balaban J connectivity index is 2.73. The first-order valence-electron chi connectivity index (χ1n) is 5.20. The summed E-state index contributed by atoms with van der Waals surface area (Å²) >= 11 is 0.129. The molecule has 0 fully saturated rings. The summed E-state index contributed by atoms with van der Waals surface area (Å²) in [5.41, 5.74) is -2.67. The van der Waals surface area contributed by atoms with Crippen molar-refractivity contribution in [2.75, 3.05) is 0 Å². The van der Waals surface area contributed by atoms with E-state index in [1.807, 2.05) is 0 Å². The van der Waals surface area contributed by atoms with Crippen LogP contribution in [-0.2, 0) is 0 Å². The van der Waals surface area contributed by atoms with Crippen molar-refractivity contribution >= 4 is 11.8 Å². The largest absolute Gasteiger partial charge is 0.492 e. The first-order chi connectivity index (χ1) is 9.41. The molecule has 2 aromatic rings. The number of H-pyrrole nitrogens is 1. The van der Waals surface area contributed by atoms with E-state index in [4.69, 9.17) is 0 Å². The lowest BCUT2D eigenvalue weighted by Gasteiger charge is -2.12. The minimum Gasteiger partial charge on any atom is -0.492 e. The molecule has 0 amide bonds. The van der Waals surface area contributed by atoms with Gasteiger partial charge in [0.25, 0.3) is 11.3 Å². The van der Waals surface area contributed by atoms with Crippen LogP contribution in [0, 0.1) is 5.82 Å². The summed E-state index contributed by atoms with van der Waals surface area (Å²) in [6.45, 7) is 0. The third-order valence-electron chi connectivity index (χ3n) is 2.35. The molecule has 5 nitrogen and oxygen atoms in total. The molecule has 0 unspecified atom stereocenters. The zero-order valence-electron chi connectivity index (χ0n) is 9.64. The average Bonchev–Trinajstić information content (AvgIpc) is 2.37. The Kier molecular flexibility index (Phi) is 3.89. The van der Waals surface area contributed by atoms with Crippen LogP contribution in [0.15, 0.2) is 38.8 Å². The minimum atomic E-state index is -2.76. The molecule has 2 rings (SSSR count).